The maximum atomic E-state index is 12.9. The second kappa shape index (κ2) is 9.33. The Morgan fingerprint density at radius 3 is 2.17 bits per heavy atom. The summed E-state index contributed by atoms with van der Waals surface area (Å²) >= 11 is 0. The highest BCUT2D eigenvalue weighted by atomic mass is 16.2. The third-order valence-electron chi connectivity index (χ3n) is 4.56. The second-order valence-corrected chi connectivity index (χ2v) is 7.05. The Kier molecular flexibility index (Phi) is 7.11. The highest BCUT2D eigenvalue weighted by Gasteiger charge is 2.24. The molecule has 156 valence electrons. The molecule has 0 bridgehead atoms. The van der Waals surface area contributed by atoms with Crippen molar-refractivity contribution in [3.8, 4) is 0 Å². The number of nitrogen functional groups attached to an aromatic ring is 1. The molecule has 1 aromatic heterocycles. The van der Waals surface area contributed by atoms with E-state index in [1.807, 2.05) is 30.3 Å². The number of anilines is 1. The monoisotopic (exact) mass is 401 g/mol. The third-order valence-corrected chi connectivity index (χ3v) is 4.56. The minimum Gasteiger partial charge on any atom is -0.384 e. The van der Waals surface area contributed by atoms with Gasteiger partial charge in [0.15, 0.2) is 5.78 Å². The summed E-state index contributed by atoms with van der Waals surface area (Å²) in [6.45, 7) is 1.75. The van der Waals surface area contributed by atoms with E-state index in [9.17, 15) is 19.2 Å². The number of Topliss-reactive ketones (excluding diaryl/α,β-unsaturated/α-hetero) is 1. The number of hydrogen-bond acceptors (Lipinski definition) is 6. The zero-order chi connectivity index (χ0) is 21.7. The number of amides is 1. The molecule has 0 aliphatic carbocycles. The van der Waals surface area contributed by atoms with Crippen LogP contribution in [0.4, 0.5) is 5.82 Å². The van der Waals surface area contributed by atoms with E-state index in [1.165, 1.54) is 14.4 Å². The first kappa shape index (κ1) is 22.1. The summed E-state index contributed by atoms with van der Waals surface area (Å²) in [7, 11) is 4.85. The molecule has 29 heavy (non-hydrogen) atoms. The lowest BCUT2D eigenvalue weighted by molar-refractivity contribution is -0.129. The molecule has 9 heteroatoms. The van der Waals surface area contributed by atoms with E-state index in [0.717, 1.165) is 10.1 Å². The van der Waals surface area contributed by atoms with Crippen LogP contribution in [0.5, 0.6) is 0 Å². The molecule has 1 aromatic carbocycles. The lowest BCUT2D eigenvalue weighted by atomic mass is 10.1. The largest absolute Gasteiger partial charge is 0.384 e. The summed E-state index contributed by atoms with van der Waals surface area (Å²) in [5.74, 6) is -0.871. The average Bonchev–Trinajstić information content (AvgIpc) is 2.66. The van der Waals surface area contributed by atoms with Gasteiger partial charge in [-0.3, -0.25) is 28.4 Å². The van der Waals surface area contributed by atoms with Gasteiger partial charge in [0, 0.05) is 20.6 Å². The van der Waals surface area contributed by atoms with Gasteiger partial charge < -0.3 is 10.6 Å². The maximum Gasteiger partial charge on any atom is 0.332 e. The molecule has 0 aliphatic heterocycles. The van der Waals surface area contributed by atoms with Gasteiger partial charge in [-0.1, -0.05) is 30.3 Å². The van der Waals surface area contributed by atoms with Crippen LogP contribution in [0, 0.1) is 0 Å². The highest BCUT2D eigenvalue weighted by molar-refractivity contribution is 6.01. The maximum absolute atomic E-state index is 12.9. The Morgan fingerprint density at radius 2 is 1.62 bits per heavy atom. The summed E-state index contributed by atoms with van der Waals surface area (Å²) in [6, 6.07) is 9.16. The predicted octanol–water partition coefficient (Wildman–Crippen LogP) is -0.137. The van der Waals surface area contributed by atoms with Gasteiger partial charge >= 0.3 is 5.69 Å². The number of rotatable bonds is 8. The van der Waals surface area contributed by atoms with E-state index in [4.69, 9.17) is 5.73 Å². The van der Waals surface area contributed by atoms with Gasteiger partial charge in [-0.2, -0.15) is 0 Å². The standard InChI is InChI=1S/C20H27N5O4/c1-5-24-19(28)17(15(26)12-23(4)13-16(27)22(2)3)18(21)25(20(24)29)11-14-9-7-6-8-10-14/h6-10H,5,11-13,21H2,1-4H3. The van der Waals surface area contributed by atoms with E-state index in [-0.39, 0.29) is 43.5 Å². The molecule has 1 amide bonds. The molecule has 0 atom stereocenters. The molecular formula is C20H27N5O4. The molecule has 0 radical (unpaired) electrons. The quantitative estimate of drug-likeness (QED) is 0.617. The Labute approximate surface area is 169 Å². The van der Waals surface area contributed by atoms with Crippen molar-refractivity contribution in [1.82, 2.24) is 18.9 Å². The molecule has 0 saturated carbocycles. The second-order valence-electron chi connectivity index (χ2n) is 7.05. The van der Waals surface area contributed by atoms with Crippen molar-refractivity contribution in [1.29, 1.82) is 0 Å². The number of carbonyl (C=O) groups is 2. The smallest absolute Gasteiger partial charge is 0.332 e. The fourth-order valence-corrected chi connectivity index (χ4v) is 2.93. The number of aromatic nitrogens is 2. The van der Waals surface area contributed by atoms with Crippen molar-refractivity contribution in [2.45, 2.75) is 20.0 Å². The number of ketones is 1. The summed E-state index contributed by atoms with van der Waals surface area (Å²) in [4.78, 5) is 53.1. The SMILES string of the molecule is CCn1c(=O)c(C(=O)CN(C)CC(=O)N(C)C)c(N)n(Cc2ccccc2)c1=O. The van der Waals surface area contributed by atoms with Gasteiger partial charge in [0.05, 0.1) is 19.6 Å². The van der Waals surface area contributed by atoms with Crippen LogP contribution in [0.25, 0.3) is 0 Å². The predicted molar refractivity (Wildman–Crippen MR) is 111 cm³/mol. The third kappa shape index (κ3) is 5.00. The van der Waals surface area contributed by atoms with Crippen molar-refractivity contribution in [3.05, 3.63) is 62.3 Å². The summed E-state index contributed by atoms with van der Waals surface area (Å²) in [6.07, 6.45) is 0. The van der Waals surface area contributed by atoms with Crippen molar-refractivity contribution in [3.63, 3.8) is 0 Å². The molecule has 0 spiro atoms. The zero-order valence-corrected chi connectivity index (χ0v) is 17.2. The Balaban J connectivity index is 2.44. The molecule has 1 heterocycles. The highest BCUT2D eigenvalue weighted by Crippen LogP contribution is 2.10. The fraction of sp³-hybridized carbons (Fsp3) is 0.400. The number of carbonyl (C=O) groups excluding carboxylic acids is 2. The van der Waals surface area contributed by atoms with Crippen LogP contribution in [0.1, 0.15) is 22.8 Å². The molecule has 2 rings (SSSR count). The van der Waals surface area contributed by atoms with Crippen molar-refractivity contribution in [2.24, 2.45) is 0 Å². The first-order valence-corrected chi connectivity index (χ1v) is 9.26. The number of benzene rings is 1. The van der Waals surface area contributed by atoms with E-state index in [0.29, 0.717) is 0 Å². The van der Waals surface area contributed by atoms with Gasteiger partial charge in [-0.05, 0) is 19.5 Å². The molecule has 9 nitrogen and oxygen atoms in total. The van der Waals surface area contributed by atoms with Crippen LogP contribution in [0.15, 0.2) is 39.9 Å². The van der Waals surface area contributed by atoms with Crippen molar-refractivity contribution in [2.75, 3.05) is 40.0 Å². The Hall–Kier alpha value is -3.20. The molecule has 0 unspecified atom stereocenters. The van der Waals surface area contributed by atoms with Crippen LogP contribution in [-0.4, -0.2) is 64.9 Å². The van der Waals surface area contributed by atoms with Crippen LogP contribution >= 0.6 is 0 Å². The lowest BCUT2D eigenvalue weighted by Crippen LogP contribution is -2.45. The van der Waals surface area contributed by atoms with Gasteiger partial charge in [0.2, 0.25) is 5.91 Å². The van der Waals surface area contributed by atoms with Crippen molar-refractivity contribution >= 4 is 17.5 Å². The van der Waals surface area contributed by atoms with E-state index in [2.05, 4.69) is 0 Å². The fourth-order valence-electron chi connectivity index (χ4n) is 2.93. The number of nitrogens with zero attached hydrogens (tertiary/aromatic N) is 4. The first-order valence-electron chi connectivity index (χ1n) is 9.26. The van der Waals surface area contributed by atoms with Crippen LogP contribution < -0.4 is 17.0 Å². The minimum absolute atomic E-state index is 0.0181. The van der Waals surface area contributed by atoms with Gasteiger partial charge in [0.1, 0.15) is 11.4 Å². The van der Waals surface area contributed by atoms with Crippen LogP contribution in [-0.2, 0) is 17.9 Å². The molecule has 0 aliphatic rings. The van der Waals surface area contributed by atoms with Gasteiger partial charge in [-0.15, -0.1) is 0 Å². The molecular weight excluding hydrogens is 374 g/mol. The summed E-state index contributed by atoms with van der Waals surface area (Å²) < 4.78 is 2.23. The Morgan fingerprint density at radius 1 is 1.00 bits per heavy atom. The van der Waals surface area contributed by atoms with Gasteiger partial charge in [-0.25, -0.2) is 4.79 Å². The average molecular weight is 401 g/mol. The van der Waals surface area contributed by atoms with E-state index in [1.54, 1.807) is 28.1 Å². The number of likely N-dealkylation sites (N-methyl/N-ethyl adjacent to an activating group) is 2. The topological polar surface area (TPSA) is 111 Å². The zero-order valence-electron chi connectivity index (χ0n) is 17.2. The number of hydrogen-bond donors (Lipinski definition) is 1. The van der Waals surface area contributed by atoms with E-state index >= 15 is 0 Å². The molecule has 0 saturated heterocycles. The van der Waals surface area contributed by atoms with Gasteiger partial charge in [0.25, 0.3) is 5.56 Å². The minimum atomic E-state index is -0.711. The summed E-state index contributed by atoms with van der Waals surface area (Å²) in [5, 5.41) is 0. The normalized spacial score (nSPS) is 10.9. The van der Waals surface area contributed by atoms with E-state index < -0.39 is 17.0 Å². The Bertz CT molecular complexity index is 1010. The number of nitrogens with two attached hydrogens (primary N) is 1. The first-order chi connectivity index (χ1) is 13.7. The van der Waals surface area contributed by atoms with Crippen LogP contribution in [0.3, 0.4) is 0 Å². The molecule has 2 N–H and O–H groups in total. The molecule has 2 aromatic rings. The molecule has 0 fully saturated rings. The lowest BCUT2D eigenvalue weighted by Gasteiger charge is -2.20. The van der Waals surface area contributed by atoms with Crippen molar-refractivity contribution < 1.29 is 9.59 Å². The van der Waals surface area contributed by atoms with Crippen LogP contribution in [0.2, 0.25) is 0 Å². The summed E-state index contributed by atoms with van der Waals surface area (Å²) in [5.41, 5.74) is 5.43.